The molecule has 7 heteroatoms. The maximum atomic E-state index is 11.9. The highest BCUT2D eigenvalue weighted by Crippen LogP contribution is 2.21. The Balaban J connectivity index is 2.12. The fraction of sp³-hybridized carbons (Fsp3) is 0.143. The van der Waals surface area contributed by atoms with Crippen molar-refractivity contribution in [1.82, 2.24) is 0 Å². The number of nitro groups is 1. The van der Waals surface area contributed by atoms with Crippen LogP contribution in [0.25, 0.3) is 0 Å². The Kier molecular flexibility index (Phi) is 4.13. The van der Waals surface area contributed by atoms with Crippen molar-refractivity contribution in [1.29, 1.82) is 0 Å². The molecule has 0 saturated heterocycles. The lowest BCUT2D eigenvalue weighted by atomic mass is 10.2. The van der Waals surface area contributed by atoms with E-state index in [9.17, 15) is 20.0 Å². The van der Waals surface area contributed by atoms with Crippen molar-refractivity contribution >= 4 is 17.3 Å². The van der Waals surface area contributed by atoms with Gasteiger partial charge in [-0.05, 0) is 18.6 Å². The van der Waals surface area contributed by atoms with E-state index in [4.69, 9.17) is 0 Å². The number of aryl methyl sites for hydroxylation is 1. The number of amides is 1. The Morgan fingerprint density at radius 3 is 2.86 bits per heavy atom. The highest BCUT2D eigenvalue weighted by molar-refractivity contribution is 5.90. The fourth-order valence-corrected chi connectivity index (χ4v) is 1.82. The number of carbonyl (C=O) groups excluding carboxylic acids is 1. The van der Waals surface area contributed by atoms with Crippen LogP contribution in [0.4, 0.5) is 11.4 Å². The standard InChI is InChI=1S/C14H13N3O4/c1-10-4-5-11(17(20)21)7-13(10)15-14(19)9-16-6-2-3-12(18)8-16/h2-8H,9H2,1H3,(H-,15,18,19)/p+1. The minimum Gasteiger partial charge on any atom is -0.503 e. The molecule has 0 aliphatic carbocycles. The number of non-ortho nitro benzene ring substituents is 1. The average molecular weight is 288 g/mol. The number of pyridine rings is 1. The molecule has 0 aliphatic rings. The molecule has 108 valence electrons. The molecule has 0 aliphatic heterocycles. The number of aromatic hydroxyl groups is 1. The Morgan fingerprint density at radius 1 is 1.43 bits per heavy atom. The molecule has 1 amide bonds. The first-order valence-corrected chi connectivity index (χ1v) is 6.18. The third-order valence-corrected chi connectivity index (χ3v) is 2.87. The van der Waals surface area contributed by atoms with Gasteiger partial charge in [0, 0.05) is 18.2 Å². The van der Waals surface area contributed by atoms with Crippen molar-refractivity contribution in [2.75, 3.05) is 5.32 Å². The van der Waals surface area contributed by atoms with E-state index in [-0.39, 0.29) is 23.9 Å². The Labute approximate surface area is 120 Å². The second-order valence-corrected chi connectivity index (χ2v) is 4.54. The summed E-state index contributed by atoms with van der Waals surface area (Å²) in [5, 5.41) is 22.7. The molecule has 2 N–H and O–H groups in total. The van der Waals surface area contributed by atoms with Gasteiger partial charge >= 0.3 is 0 Å². The number of hydrogen-bond donors (Lipinski definition) is 2. The maximum Gasteiger partial charge on any atom is 0.290 e. The summed E-state index contributed by atoms with van der Waals surface area (Å²) in [6.45, 7) is 1.75. The van der Waals surface area contributed by atoms with Crippen molar-refractivity contribution in [2.24, 2.45) is 0 Å². The smallest absolute Gasteiger partial charge is 0.290 e. The van der Waals surface area contributed by atoms with Gasteiger partial charge in [0.2, 0.25) is 12.7 Å². The second kappa shape index (κ2) is 6.00. The lowest BCUT2D eigenvalue weighted by Crippen LogP contribution is -2.39. The van der Waals surface area contributed by atoms with Crippen LogP contribution < -0.4 is 9.88 Å². The first-order chi connectivity index (χ1) is 9.95. The van der Waals surface area contributed by atoms with Gasteiger partial charge in [-0.3, -0.25) is 14.9 Å². The third kappa shape index (κ3) is 3.75. The van der Waals surface area contributed by atoms with Crippen LogP contribution in [0.2, 0.25) is 0 Å². The zero-order valence-electron chi connectivity index (χ0n) is 11.3. The number of carbonyl (C=O) groups is 1. The summed E-state index contributed by atoms with van der Waals surface area (Å²) >= 11 is 0. The molecular weight excluding hydrogens is 274 g/mol. The number of benzene rings is 1. The summed E-state index contributed by atoms with van der Waals surface area (Å²) in [4.78, 5) is 22.2. The molecule has 0 radical (unpaired) electrons. The molecule has 0 fully saturated rings. The van der Waals surface area contributed by atoms with E-state index < -0.39 is 4.92 Å². The molecule has 2 rings (SSSR count). The van der Waals surface area contributed by atoms with Crippen LogP contribution >= 0.6 is 0 Å². The number of aromatic nitrogens is 1. The van der Waals surface area contributed by atoms with Gasteiger partial charge in [-0.1, -0.05) is 6.07 Å². The molecule has 2 aromatic rings. The zero-order valence-corrected chi connectivity index (χ0v) is 11.3. The van der Waals surface area contributed by atoms with Crippen molar-refractivity contribution in [3.05, 3.63) is 58.4 Å². The first kappa shape index (κ1) is 14.4. The van der Waals surface area contributed by atoms with E-state index in [2.05, 4.69) is 5.32 Å². The van der Waals surface area contributed by atoms with Crippen LogP contribution in [0.5, 0.6) is 5.75 Å². The van der Waals surface area contributed by atoms with Gasteiger partial charge < -0.3 is 10.4 Å². The molecule has 0 unspecified atom stereocenters. The van der Waals surface area contributed by atoms with Gasteiger partial charge in [-0.2, -0.15) is 4.57 Å². The molecule has 7 nitrogen and oxygen atoms in total. The average Bonchev–Trinajstić information content (AvgIpc) is 2.41. The number of anilines is 1. The molecular formula is C14H14N3O4+. The van der Waals surface area contributed by atoms with Crippen molar-refractivity contribution < 1.29 is 19.4 Å². The molecule has 0 saturated carbocycles. The van der Waals surface area contributed by atoms with Gasteiger partial charge in [0.1, 0.15) is 0 Å². The van der Waals surface area contributed by atoms with E-state index in [1.807, 2.05) is 0 Å². The number of nitro benzene ring substituents is 1. The molecule has 21 heavy (non-hydrogen) atoms. The predicted molar refractivity (Wildman–Crippen MR) is 74.8 cm³/mol. The van der Waals surface area contributed by atoms with Crippen LogP contribution in [-0.2, 0) is 11.3 Å². The summed E-state index contributed by atoms with van der Waals surface area (Å²) in [6.07, 6.45) is 3.06. The zero-order chi connectivity index (χ0) is 15.4. The van der Waals surface area contributed by atoms with E-state index >= 15 is 0 Å². The predicted octanol–water partition coefficient (Wildman–Crippen LogP) is 1.54. The third-order valence-electron chi connectivity index (χ3n) is 2.87. The molecule has 1 aromatic carbocycles. The minimum absolute atomic E-state index is 0.00344. The summed E-state index contributed by atoms with van der Waals surface area (Å²) in [6, 6.07) is 7.39. The van der Waals surface area contributed by atoms with Crippen molar-refractivity contribution in [3.63, 3.8) is 0 Å². The highest BCUT2D eigenvalue weighted by Gasteiger charge is 2.14. The fourth-order valence-electron chi connectivity index (χ4n) is 1.82. The SMILES string of the molecule is Cc1ccc([N+](=O)[O-])cc1NC(=O)C[n+]1cccc(O)c1. The minimum atomic E-state index is -0.515. The first-order valence-electron chi connectivity index (χ1n) is 6.18. The van der Waals surface area contributed by atoms with Crippen LogP contribution in [0.1, 0.15) is 5.56 Å². The van der Waals surface area contributed by atoms with E-state index in [0.29, 0.717) is 5.69 Å². The van der Waals surface area contributed by atoms with Gasteiger partial charge in [-0.25, -0.2) is 0 Å². The molecule has 0 atom stereocenters. The quantitative estimate of drug-likeness (QED) is 0.506. The Morgan fingerprint density at radius 2 is 2.19 bits per heavy atom. The molecule has 1 aromatic heterocycles. The summed E-state index contributed by atoms with van der Waals surface area (Å²) in [5.74, 6) is -0.286. The lowest BCUT2D eigenvalue weighted by Gasteiger charge is -2.06. The van der Waals surface area contributed by atoms with Crippen molar-refractivity contribution in [2.45, 2.75) is 13.5 Å². The van der Waals surface area contributed by atoms with Gasteiger partial charge in [0.25, 0.3) is 11.6 Å². The van der Waals surface area contributed by atoms with E-state index in [1.54, 1.807) is 25.3 Å². The second-order valence-electron chi connectivity index (χ2n) is 4.54. The van der Waals surface area contributed by atoms with Crippen molar-refractivity contribution in [3.8, 4) is 5.75 Å². The van der Waals surface area contributed by atoms with Crippen LogP contribution in [-0.4, -0.2) is 15.9 Å². The number of hydrogen-bond acceptors (Lipinski definition) is 4. The van der Waals surface area contributed by atoms with Crippen LogP contribution in [0.3, 0.4) is 0 Å². The normalized spacial score (nSPS) is 10.1. The monoisotopic (exact) mass is 288 g/mol. The largest absolute Gasteiger partial charge is 0.503 e. The van der Waals surface area contributed by atoms with Crippen LogP contribution in [0, 0.1) is 17.0 Å². The summed E-state index contributed by atoms with van der Waals surface area (Å²) < 4.78 is 1.51. The summed E-state index contributed by atoms with van der Waals surface area (Å²) in [7, 11) is 0. The van der Waals surface area contributed by atoms with E-state index in [0.717, 1.165) is 5.56 Å². The Bertz CT molecular complexity index is 700. The lowest BCUT2D eigenvalue weighted by molar-refractivity contribution is -0.684. The van der Waals surface area contributed by atoms with Gasteiger partial charge in [0.05, 0.1) is 10.6 Å². The topological polar surface area (TPSA) is 96.4 Å². The molecule has 0 bridgehead atoms. The maximum absolute atomic E-state index is 11.9. The highest BCUT2D eigenvalue weighted by atomic mass is 16.6. The van der Waals surface area contributed by atoms with Gasteiger partial charge in [-0.15, -0.1) is 0 Å². The number of nitrogens with one attached hydrogen (secondary N) is 1. The summed E-state index contributed by atoms with van der Waals surface area (Å²) in [5.41, 5.74) is 1.05. The van der Waals surface area contributed by atoms with Gasteiger partial charge in [0.15, 0.2) is 11.9 Å². The number of nitrogens with zero attached hydrogens (tertiary/aromatic N) is 2. The molecule has 1 heterocycles. The van der Waals surface area contributed by atoms with E-state index in [1.165, 1.54) is 29.0 Å². The molecule has 0 spiro atoms. The Hall–Kier alpha value is -2.96. The van der Waals surface area contributed by atoms with Crippen LogP contribution in [0.15, 0.2) is 42.7 Å². The number of rotatable bonds is 4.